The van der Waals surface area contributed by atoms with Gasteiger partial charge in [-0.2, -0.15) is 0 Å². The Morgan fingerprint density at radius 2 is 1.03 bits per heavy atom. The van der Waals surface area contributed by atoms with E-state index in [2.05, 4.69) is 0 Å². The minimum atomic E-state index is -0.250. The van der Waals surface area contributed by atoms with Gasteiger partial charge in [0.1, 0.15) is 0 Å². The lowest BCUT2D eigenvalue weighted by atomic mass is 9.95. The van der Waals surface area contributed by atoms with E-state index < -0.39 is 0 Å². The van der Waals surface area contributed by atoms with Gasteiger partial charge in [-0.1, -0.05) is 0 Å². The van der Waals surface area contributed by atoms with E-state index in [0.29, 0.717) is 58.5 Å². The third-order valence-corrected chi connectivity index (χ3v) is 4.69. The number of methoxy groups -OCH3 is 2. The summed E-state index contributed by atoms with van der Waals surface area (Å²) in [6.45, 7) is 8.00. The Labute approximate surface area is 177 Å². The van der Waals surface area contributed by atoms with E-state index in [1.807, 2.05) is 13.8 Å². The number of ether oxygens (including phenoxy) is 4. The molecule has 0 N–H and O–H groups in total. The van der Waals surface area contributed by atoms with E-state index in [0.717, 1.165) is 0 Å². The van der Waals surface area contributed by atoms with E-state index in [-0.39, 0.29) is 11.6 Å². The second kappa shape index (κ2) is 10.5. The first-order valence-corrected chi connectivity index (χ1v) is 9.76. The number of carbonyl (C=O) groups is 2. The number of benzene rings is 2. The highest BCUT2D eigenvalue weighted by Gasteiger charge is 2.19. The van der Waals surface area contributed by atoms with Gasteiger partial charge < -0.3 is 18.9 Å². The van der Waals surface area contributed by atoms with Crippen molar-refractivity contribution in [3.63, 3.8) is 0 Å². The van der Waals surface area contributed by atoms with Gasteiger partial charge in [0.15, 0.2) is 34.6 Å². The van der Waals surface area contributed by atoms with E-state index >= 15 is 0 Å². The standard InChI is InChI=1S/C24H28O6/c1-7-29-19-11-9-17(13-21(19)27-5)23(25)15(3)16(4)24(26)18-10-12-20(30-8-2)22(14-18)28-6/h9-14H,7-8H2,1-6H3/b16-15+. The average Bonchev–Trinajstić information content (AvgIpc) is 2.77. The zero-order valence-corrected chi connectivity index (χ0v) is 18.3. The number of ketones is 2. The summed E-state index contributed by atoms with van der Waals surface area (Å²) in [5, 5.41) is 0. The Kier molecular flexibility index (Phi) is 8.04. The Morgan fingerprint density at radius 1 is 0.667 bits per heavy atom. The SMILES string of the molecule is CCOc1ccc(C(=O)/C(C)=C(\C)C(=O)c2ccc(OCC)c(OC)c2)cc1OC. The Morgan fingerprint density at radius 3 is 1.33 bits per heavy atom. The summed E-state index contributed by atoms with van der Waals surface area (Å²) < 4.78 is 21.6. The smallest absolute Gasteiger partial charge is 0.189 e. The molecular weight excluding hydrogens is 384 g/mol. The first-order valence-electron chi connectivity index (χ1n) is 9.76. The minimum Gasteiger partial charge on any atom is -0.493 e. The van der Waals surface area contributed by atoms with Gasteiger partial charge in [0.05, 0.1) is 27.4 Å². The van der Waals surface area contributed by atoms with Crippen molar-refractivity contribution >= 4 is 11.6 Å². The average molecular weight is 412 g/mol. The lowest BCUT2D eigenvalue weighted by Gasteiger charge is -2.13. The van der Waals surface area contributed by atoms with Gasteiger partial charge >= 0.3 is 0 Å². The van der Waals surface area contributed by atoms with Crippen molar-refractivity contribution in [3.8, 4) is 23.0 Å². The molecule has 6 nitrogen and oxygen atoms in total. The number of Topliss-reactive ketones (excluding diaryl/α,β-unsaturated/α-hetero) is 2. The van der Waals surface area contributed by atoms with Gasteiger partial charge in [0, 0.05) is 22.3 Å². The molecule has 0 atom stereocenters. The van der Waals surface area contributed by atoms with Crippen molar-refractivity contribution in [1.29, 1.82) is 0 Å². The van der Waals surface area contributed by atoms with Crippen LogP contribution < -0.4 is 18.9 Å². The molecule has 0 aromatic heterocycles. The minimum absolute atomic E-state index is 0.250. The van der Waals surface area contributed by atoms with Crippen molar-refractivity contribution in [2.75, 3.05) is 27.4 Å². The molecule has 0 spiro atoms. The van der Waals surface area contributed by atoms with E-state index in [9.17, 15) is 9.59 Å². The fourth-order valence-corrected chi connectivity index (χ4v) is 2.94. The van der Waals surface area contributed by atoms with E-state index in [4.69, 9.17) is 18.9 Å². The third-order valence-electron chi connectivity index (χ3n) is 4.69. The maximum atomic E-state index is 13.0. The maximum absolute atomic E-state index is 13.0. The van der Waals surface area contributed by atoms with Crippen molar-refractivity contribution in [2.24, 2.45) is 0 Å². The highest BCUT2D eigenvalue weighted by Crippen LogP contribution is 2.31. The molecule has 0 saturated carbocycles. The highest BCUT2D eigenvalue weighted by molar-refractivity contribution is 6.17. The molecule has 0 aliphatic carbocycles. The summed E-state index contributed by atoms with van der Waals surface area (Å²) >= 11 is 0. The molecule has 0 aliphatic rings. The van der Waals surface area contributed by atoms with Gasteiger partial charge in [-0.15, -0.1) is 0 Å². The second-order valence-corrected chi connectivity index (χ2v) is 6.51. The van der Waals surface area contributed by atoms with Gasteiger partial charge in [0.25, 0.3) is 0 Å². The molecule has 160 valence electrons. The molecule has 0 saturated heterocycles. The fraction of sp³-hybridized carbons (Fsp3) is 0.333. The lowest BCUT2D eigenvalue weighted by Crippen LogP contribution is -2.10. The molecule has 0 unspecified atom stereocenters. The van der Waals surface area contributed by atoms with Crippen LogP contribution in [0.15, 0.2) is 47.5 Å². The largest absolute Gasteiger partial charge is 0.493 e. The summed E-state index contributed by atoms with van der Waals surface area (Å²) in [6, 6.07) is 9.95. The summed E-state index contributed by atoms with van der Waals surface area (Å²) in [5.41, 5.74) is 1.56. The van der Waals surface area contributed by atoms with Crippen molar-refractivity contribution in [2.45, 2.75) is 27.7 Å². The molecule has 0 fully saturated rings. The predicted molar refractivity (Wildman–Crippen MR) is 115 cm³/mol. The van der Waals surface area contributed by atoms with Gasteiger partial charge in [0.2, 0.25) is 0 Å². The number of allylic oxidation sites excluding steroid dienone is 2. The van der Waals surface area contributed by atoms with Gasteiger partial charge in [-0.05, 0) is 64.1 Å². The fourth-order valence-electron chi connectivity index (χ4n) is 2.94. The van der Waals surface area contributed by atoms with Crippen molar-refractivity contribution in [3.05, 3.63) is 58.7 Å². The summed E-state index contributed by atoms with van der Waals surface area (Å²) in [6.07, 6.45) is 0. The Balaban J connectivity index is 2.35. The lowest BCUT2D eigenvalue weighted by molar-refractivity contribution is 0.0999. The zero-order valence-electron chi connectivity index (χ0n) is 18.3. The van der Waals surface area contributed by atoms with Gasteiger partial charge in [-0.3, -0.25) is 9.59 Å². The number of rotatable bonds is 10. The van der Waals surface area contributed by atoms with Crippen LogP contribution in [0.4, 0.5) is 0 Å². The first-order chi connectivity index (χ1) is 14.4. The monoisotopic (exact) mass is 412 g/mol. The summed E-state index contributed by atoms with van der Waals surface area (Å²) in [4.78, 5) is 25.9. The summed E-state index contributed by atoms with van der Waals surface area (Å²) in [5.74, 6) is 1.56. The Hall–Kier alpha value is -3.28. The first kappa shape index (κ1) is 23.0. The molecule has 2 rings (SSSR count). The van der Waals surface area contributed by atoms with Crippen LogP contribution in [0.2, 0.25) is 0 Å². The molecule has 0 aliphatic heterocycles. The summed E-state index contributed by atoms with van der Waals surface area (Å²) in [7, 11) is 3.03. The molecule has 6 heteroatoms. The highest BCUT2D eigenvalue weighted by atomic mass is 16.5. The zero-order chi connectivity index (χ0) is 22.3. The number of hydrogen-bond acceptors (Lipinski definition) is 6. The molecule has 2 aromatic carbocycles. The molecule has 30 heavy (non-hydrogen) atoms. The van der Waals surface area contributed by atoms with Crippen LogP contribution in [0.3, 0.4) is 0 Å². The maximum Gasteiger partial charge on any atom is 0.189 e. The molecular formula is C24H28O6. The van der Waals surface area contributed by atoms with Crippen LogP contribution in [-0.2, 0) is 0 Å². The van der Waals surface area contributed by atoms with Crippen LogP contribution in [0.25, 0.3) is 0 Å². The quantitative estimate of drug-likeness (QED) is 0.408. The normalized spacial score (nSPS) is 11.4. The molecule has 2 aromatic rings. The van der Waals surface area contributed by atoms with Crippen LogP contribution >= 0.6 is 0 Å². The van der Waals surface area contributed by atoms with Gasteiger partial charge in [-0.25, -0.2) is 0 Å². The third kappa shape index (κ3) is 5.00. The van der Waals surface area contributed by atoms with Crippen molar-refractivity contribution < 1.29 is 28.5 Å². The van der Waals surface area contributed by atoms with E-state index in [1.54, 1.807) is 50.2 Å². The van der Waals surface area contributed by atoms with Crippen LogP contribution in [0.5, 0.6) is 23.0 Å². The van der Waals surface area contributed by atoms with Crippen LogP contribution in [0.1, 0.15) is 48.4 Å². The van der Waals surface area contributed by atoms with Crippen LogP contribution in [0, 0.1) is 0 Å². The number of hydrogen-bond donors (Lipinski definition) is 0. The predicted octanol–water partition coefficient (Wildman–Crippen LogP) is 4.90. The molecule has 0 amide bonds. The van der Waals surface area contributed by atoms with Crippen LogP contribution in [-0.4, -0.2) is 39.0 Å². The molecule has 0 radical (unpaired) electrons. The van der Waals surface area contributed by atoms with E-state index in [1.165, 1.54) is 14.2 Å². The van der Waals surface area contributed by atoms with Crippen molar-refractivity contribution in [1.82, 2.24) is 0 Å². The molecule has 0 heterocycles. The molecule has 0 bridgehead atoms. The topological polar surface area (TPSA) is 71.1 Å². The number of carbonyl (C=O) groups excluding carboxylic acids is 2. The Bertz CT molecular complexity index is 881. The second-order valence-electron chi connectivity index (χ2n) is 6.51.